The van der Waals surface area contributed by atoms with Gasteiger partial charge in [-0.25, -0.2) is 0 Å². The van der Waals surface area contributed by atoms with Crippen LogP contribution >= 0.6 is 35.0 Å². The topological polar surface area (TPSA) is 39.2 Å². The molecule has 3 aliphatic carbocycles. The van der Waals surface area contributed by atoms with Gasteiger partial charge in [-0.2, -0.15) is 0 Å². The number of pyridine rings is 1. The van der Waals surface area contributed by atoms with Crippen LogP contribution in [0.25, 0.3) is 0 Å². The number of hydrogen-bond acceptors (Lipinski definition) is 4. The van der Waals surface area contributed by atoms with Gasteiger partial charge >= 0.3 is 0 Å². The Bertz CT molecular complexity index is 848. The predicted molar refractivity (Wildman–Crippen MR) is 124 cm³/mol. The van der Waals surface area contributed by atoms with Crippen LogP contribution in [0.15, 0.2) is 50.8 Å². The maximum Gasteiger partial charge on any atom is 0.166 e. The molecular weight excluding hydrogens is 437 g/mol. The van der Waals surface area contributed by atoms with Gasteiger partial charge in [0.2, 0.25) is 0 Å². The van der Waals surface area contributed by atoms with E-state index in [1.165, 1.54) is 17.7 Å². The Morgan fingerprint density at radius 3 is 2.63 bits per heavy atom. The van der Waals surface area contributed by atoms with Crippen LogP contribution in [0.5, 0.6) is 0 Å². The molecule has 1 heterocycles. The molecule has 6 heteroatoms. The number of thioether (sulfide) groups is 1. The molecule has 30 heavy (non-hydrogen) atoms. The normalized spacial score (nSPS) is 27.2. The summed E-state index contributed by atoms with van der Waals surface area (Å²) in [7, 11) is 0. The summed E-state index contributed by atoms with van der Waals surface area (Å²) >= 11 is 15.0. The number of unbranched alkanes of at least 4 members (excludes halogenated alkanes) is 1. The summed E-state index contributed by atoms with van der Waals surface area (Å²) in [4.78, 5) is 18.6. The van der Waals surface area contributed by atoms with E-state index in [9.17, 15) is 4.79 Å². The van der Waals surface area contributed by atoms with Crippen molar-refractivity contribution in [3.8, 4) is 0 Å². The van der Waals surface area contributed by atoms with E-state index < -0.39 is 0 Å². The summed E-state index contributed by atoms with van der Waals surface area (Å²) in [5.41, 5.74) is 0.477. The first kappa shape index (κ1) is 22.2. The minimum absolute atomic E-state index is 0.148. The third kappa shape index (κ3) is 4.47. The smallest absolute Gasteiger partial charge is 0.166 e. The number of Topliss-reactive ketones (excluding diaryl/α,β-unsaturated/α-hetero) is 1. The summed E-state index contributed by atoms with van der Waals surface area (Å²) in [5, 5.41) is 0.876. The van der Waals surface area contributed by atoms with E-state index in [1.54, 1.807) is 0 Å². The molecule has 0 bridgehead atoms. The second-order valence-electron chi connectivity index (χ2n) is 8.88. The molecule has 2 saturated carbocycles. The highest BCUT2D eigenvalue weighted by molar-refractivity contribution is 7.99. The van der Waals surface area contributed by atoms with Crippen LogP contribution in [-0.2, 0) is 9.53 Å². The predicted octanol–water partition coefficient (Wildman–Crippen LogP) is 7.10. The highest BCUT2D eigenvalue weighted by Gasteiger charge is 2.53. The van der Waals surface area contributed by atoms with E-state index in [4.69, 9.17) is 27.9 Å². The third-order valence-electron chi connectivity index (χ3n) is 6.94. The van der Waals surface area contributed by atoms with Crippen LogP contribution in [0.4, 0.5) is 0 Å². The van der Waals surface area contributed by atoms with Crippen molar-refractivity contribution in [2.24, 2.45) is 17.3 Å². The first-order valence-electron chi connectivity index (χ1n) is 11.0. The number of ketones is 1. The fraction of sp³-hybridized carbons (Fsp3) is 0.583. The molecule has 1 aromatic heterocycles. The highest BCUT2D eigenvalue weighted by atomic mass is 35.5. The van der Waals surface area contributed by atoms with Crippen molar-refractivity contribution in [1.29, 1.82) is 0 Å². The summed E-state index contributed by atoms with van der Waals surface area (Å²) < 4.78 is 6.05. The Balaban J connectivity index is 1.30. The van der Waals surface area contributed by atoms with Crippen LogP contribution in [-0.4, -0.2) is 23.1 Å². The Kier molecular flexibility index (Phi) is 7.16. The monoisotopic (exact) mass is 465 g/mol. The van der Waals surface area contributed by atoms with Gasteiger partial charge < -0.3 is 4.74 Å². The number of aromatic nitrogens is 1. The molecule has 2 atom stereocenters. The van der Waals surface area contributed by atoms with Crippen LogP contribution in [0.1, 0.15) is 58.3 Å². The van der Waals surface area contributed by atoms with Crippen LogP contribution in [0, 0.1) is 17.3 Å². The van der Waals surface area contributed by atoms with Crippen molar-refractivity contribution in [3.05, 3.63) is 45.9 Å². The minimum atomic E-state index is -0.284. The molecule has 2 unspecified atom stereocenters. The zero-order valence-corrected chi connectivity index (χ0v) is 19.8. The first-order valence-corrected chi connectivity index (χ1v) is 12.7. The zero-order chi connectivity index (χ0) is 21.1. The molecule has 2 fully saturated rings. The Morgan fingerprint density at radius 2 is 1.90 bits per heavy atom. The fourth-order valence-electron chi connectivity index (χ4n) is 5.27. The molecule has 3 aliphatic rings. The number of allylic oxidation sites excluding steroid dienone is 4. The van der Waals surface area contributed by atoms with Crippen molar-refractivity contribution in [2.45, 2.75) is 63.2 Å². The number of halogens is 2. The van der Waals surface area contributed by atoms with Crippen molar-refractivity contribution in [3.63, 3.8) is 0 Å². The minimum Gasteiger partial charge on any atom is -0.496 e. The molecule has 0 aliphatic heterocycles. The Labute approximate surface area is 193 Å². The molecule has 0 saturated heterocycles. The Morgan fingerprint density at radius 1 is 1.17 bits per heavy atom. The number of rotatable bonds is 8. The lowest BCUT2D eigenvalue weighted by Crippen LogP contribution is -2.30. The molecule has 0 aromatic carbocycles. The standard InChI is InChI=1S/C24H29Cl2NO2S/c1-24(17-6-2-3-7-17)15-16-14-19(21(25)22(26)20(16)23(24)28)29-12-4-5-13-30-18-8-10-27-11-9-18/h8-11,16-17H,2-7,12-15H2,1H3. The second-order valence-corrected chi connectivity index (χ2v) is 10.8. The van der Waals surface area contributed by atoms with Crippen molar-refractivity contribution < 1.29 is 9.53 Å². The van der Waals surface area contributed by atoms with Crippen LogP contribution in [0.2, 0.25) is 0 Å². The van der Waals surface area contributed by atoms with Crippen molar-refractivity contribution in [2.75, 3.05) is 12.4 Å². The quantitative estimate of drug-likeness (QED) is 0.303. The second kappa shape index (κ2) is 9.67. The maximum atomic E-state index is 13.3. The van der Waals surface area contributed by atoms with E-state index >= 15 is 0 Å². The van der Waals surface area contributed by atoms with Gasteiger partial charge in [0.25, 0.3) is 0 Å². The van der Waals surface area contributed by atoms with Crippen LogP contribution in [0.3, 0.4) is 0 Å². The lowest BCUT2D eigenvalue weighted by Gasteiger charge is -2.29. The van der Waals surface area contributed by atoms with Gasteiger partial charge in [-0.3, -0.25) is 9.78 Å². The maximum absolute atomic E-state index is 13.3. The third-order valence-corrected chi connectivity index (χ3v) is 8.92. The molecule has 0 amide bonds. The van der Waals surface area contributed by atoms with Crippen LogP contribution < -0.4 is 0 Å². The molecule has 4 rings (SSSR count). The number of carbonyl (C=O) groups is 1. The van der Waals surface area contributed by atoms with Gasteiger partial charge in [-0.15, -0.1) is 11.8 Å². The van der Waals surface area contributed by atoms with Gasteiger partial charge in [-0.1, -0.05) is 43.0 Å². The summed E-state index contributed by atoms with van der Waals surface area (Å²) in [6.07, 6.45) is 12.0. The SMILES string of the molecule is CC1(C2CCCC2)CC2CC(OCCCCSc3ccncc3)=C(Cl)C(Cl)=C2C1=O. The highest BCUT2D eigenvalue weighted by Crippen LogP contribution is 2.56. The van der Waals surface area contributed by atoms with Gasteiger partial charge in [0, 0.05) is 34.7 Å². The van der Waals surface area contributed by atoms with Crippen molar-refractivity contribution in [1.82, 2.24) is 4.98 Å². The van der Waals surface area contributed by atoms with Gasteiger partial charge in [0.05, 0.1) is 16.7 Å². The molecule has 1 aromatic rings. The molecule has 0 radical (unpaired) electrons. The largest absolute Gasteiger partial charge is 0.496 e. The van der Waals surface area contributed by atoms with E-state index in [0.29, 0.717) is 29.0 Å². The number of fused-ring (bicyclic) bond motifs is 1. The number of nitrogens with zero attached hydrogens (tertiary/aromatic N) is 1. The lowest BCUT2D eigenvalue weighted by atomic mass is 9.73. The molecular formula is C24H29Cl2NO2S. The number of ether oxygens (including phenoxy) is 1. The van der Waals surface area contributed by atoms with E-state index in [-0.39, 0.29) is 17.1 Å². The summed E-state index contributed by atoms with van der Waals surface area (Å²) in [6, 6.07) is 4.06. The van der Waals surface area contributed by atoms with Crippen molar-refractivity contribution >= 4 is 40.7 Å². The summed E-state index contributed by atoms with van der Waals surface area (Å²) in [6.45, 7) is 2.78. The fourth-order valence-corrected chi connectivity index (χ4v) is 6.75. The van der Waals surface area contributed by atoms with Gasteiger partial charge in [0.1, 0.15) is 5.76 Å². The van der Waals surface area contributed by atoms with E-state index in [2.05, 4.69) is 11.9 Å². The van der Waals surface area contributed by atoms with E-state index in [1.807, 2.05) is 36.3 Å². The molecule has 3 nitrogen and oxygen atoms in total. The molecule has 0 N–H and O–H groups in total. The van der Waals surface area contributed by atoms with Gasteiger partial charge in [-0.05, 0) is 61.8 Å². The molecule has 162 valence electrons. The number of carbonyl (C=O) groups excluding carboxylic acids is 1. The average Bonchev–Trinajstić information content (AvgIpc) is 3.37. The average molecular weight is 466 g/mol. The lowest BCUT2D eigenvalue weighted by molar-refractivity contribution is -0.124. The number of hydrogen-bond donors (Lipinski definition) is 0. The Hall–Kier alpha value is -0.970. The molecule has 0 spiro atoms. The first-order chi connectivity index (χ1) is 14.5. The van der Waals surface area contributed by atoms with E-state index in [0.717, 1.165) is 49.2 Å². The van der Waals surface area contributed by atoms with Gasteiger partial charge in [0.15, 0.2) is 5.78 Å². The summed E-state index contributed by atoms with van der Waals surface area (Å²) in [5.74, 6) is 2.67. The zero-order valence-electron chi connectivity index (χ0n) is 17.5.